The molecule has 1 amide bonds. The van der Waals surface area contributed by atoms with Crippen molar-refractivity contribution in [3.63, 3.8) is 0 Å². The molecule has 1 aromatic rings. The largest absolute Gasteiger partial charge is 0.416 e. The number of carbonyl (C=O) groups excluding carboxylic acids is 1. The van der Waals surface area contributed by atoms with Gasteiger partial charge in [-0.05, 0) is 45.2 Å². The molecule has 2 rings (SSSR count). The number of rotatable bonds is 5. The first-order valence-electron chi connectivity index (χ1n) is 7.76. The van der Waals surface area contributed by atoms with Crippen LogP contribution in [0.3, 0.4) is 0 Å². The lowest BCUT2D eigenvalue weighted by Crippen LogP contribution is -2.43. The van der Waals surface area contributed by atoms with E-state index in [1.807, 2.05) is 20.8 Å². The maximum absolute atomic E-state index is 12.8. The van der Waals surface area contributed by atoms with Gasteiger partial charge in [0.25, 0.3) is 0 Å². The molecule has 0 radical (unpaired) electrons. The van der Waals surface area contributed by atoms with Crippen molar-refractivity contribution in [1.82, 2.24) is 10.6 Å². The summed E-state index contributed by atoms with van der Waals surface area (Å²) in [5.74, 6) is -0.187. The summed E-state index contributed by atoms with van der Waals surface area (Å²) < 4.78 is 38.5. The van der Waals surface area contributed by atoms with Gasteiger partial charge in [0.15, 0.2) is 0 Å². The van der Waals surface area contributed by atoms with E-state index in [1.165, 1.54) is 6.07 Å². The molecule has 128 valence electrons. The van der Waals surface area contributed by atoms with Gasteiger partial charge < -0.3 is 10.6 Å². The zero-order chi connectivity index (χ0) is 17.3. The first-order chi connectivity index (χ1) is 10.5. The van der Waals surface area contributed by atoms with Crippen LogP contribution in [0.15, 0.2) is 24.3 Å². The van der Waals surface area contributed by atoms with Gasteiger partial charge in [-0.1, -0.05) is 18.2 Å². The maximum Gasteiger partial charge on any atom is 0.416 e. The van der Waals surface area contributed by atoms with Gasteiger partial charge in [-0.25, -0.2) is 0 Å². The maximum atomic E-state index is 12.8. The Morgan fingerprint density at radius 3 is 2.35 bits per heavy atom. The monoisotopic (exact) mass is 328 g/mol. The third-order valence-electron chi connectivity index (χ3n) is 3.99. The summed E-state index contributed by atoms with van der Waals surface area (Å²) in [5, 5.41) is 6.09. The van der Waals surface area contributed by atoms with E-state index in [0.717, 1.165) is 12.1 Å². The molecule has 0 aromatic heterocycles. The molecule has 1 fully saturated rings. The molecule has 1 saturated carbocycles. The van der Waals surface area contributed by atoms with E-state index in [2.05, 4.69) is 10.6 Å². The van der Waals surface area contributed by atoms with Crippen molar-refractivity contribution >= 4 is 5.91 Å². The van der Waals surface area contributed by atoms with Crippen LogP contribution in [0.1, 0.15) is 44.7 Å². The van der Waals surface area contributed by atoms with E-state index >= 15 is 0 Å². The number of hydrogen-bond acceptors (Lipinski definition) is 2. The smallest absolute Gasteiger partial charge is 0.354 e. The minimum atomic E-state index is -4.39. The third-order valence-corrected chi connectivity index (χ3v) is 3.99. The average molecular weight is 328 g/mol. The van der Waals surface area contributed by atoms with Crippen molar-refractivity contribution in [3.05, 3.63) is 35.4 Å². The Kier molecular flexibility index (Phi) is 4.76. The summed E-state index contributed by atoms with van der Waals surface area (Å²) in [4.78, 5) is 12.4. The van der Waals surface area contributed by atoms with Crippen LogP contribution in [-0.4, -0.2) is 24.5 Å². The molecule has 1 aromatic carbocycles. The SMILES string of the molecule is CC(C)(C)NCCNC(=O)C1(c2cccc(C(F)(F)F)c2)CC1. The molecule has 0 saturated heterocycles. The van der Waals surface area contributed by atoms with Crippen molar-refractivity contribution in [2.24, 2.45) is 0 Å². The van der Waals surface area contributed by atoms with Crippen LogP contribution >= 0.6 is 0 Å². The van der Waals surface area contributed by atoms with Gasteiger partial charge in [0, 0.05) is 18.6 Å². The van der Waals surface area contributed by atoms with Gasteiger partial charge in [-0.3, -0.25) is 4.79 Å². The number of nitrogens with one attached hydrogen (secondary N) is 2. The van der Waals surface area contributed by atoms with Crippen LogP contribution in [0.4, 0.5) is 13.2 Å². The quantitative estimate of drug-likeness (QED) is 0.815. The molecule has 0 unspecified atom stereocenters. The summed E-state index contributed by atoms with van der Waals surface area (Å²) in [6, 6.07) is 5.10. The first-order valence-corrected chi connectivity index (χ1v) is 7.76. The van der Waals surface area contributed by atoms with Crippen molar-refractivity contribution in [1.29, 1.82) is 0 Å². The average Bonchev–Trinajstić information content (AvgIpc) is 3.23. The number of benzene rings is 1. The molecule has 2 N–H and O–H groups in total. The van der Waals surface area contributed by atoms with E-state index in [9.17, 15) is 18.0 Å². The lowest BCUT2D eigenvalue weighted by Gasteiger charge is -2.22. The number of hydrogen-bond donors (Lipinski definition) is 2. The number of alkyl halides is 3. The van der Waals surface area contributed by atoms with E-state index in [0.29, 0.717) is 31.5 Å². The van der Waals surface area contributed by atoms with Crippen LogP contribution in [0, 0.1) is 0 Å². The molecule has 1 aliphatic carbocycles. The third kappa shape index (κ3) is 4.47. The fraction of sp³-hybridized carbons (Fsp3) is 0.588. The van der Waals surface area contributed by atoms with Gasteiger partial charge in [-0.15, -0.1) is 0 Å². The minimum absolute atomic E-state index is 0.0387. The Morgan fingerprint density at radius 1 is 1.17 bits per heavy atom. The second kappa shape index (κ2) is 6.15. The summed E-state index contributed by atoms with van der Waals surface area (Å²) in [5.41, 5.74) is -1.08. The molecular formula is C17H23F3N2O. The van der Waals surface area contributed by atoms with Crippen molar-refractivity contribution in [3.8, 4) is 0 Å². The normalized spacial score (nSPS) is 17.0. The van der Waals surface area contributed by atoms with E-state index in [4.69, 9.17) is 0 Å². The van der Waals surface area contributed by atoms with Crippen molar-refractivity contribution in [2.45, 2.75) is 50.7 Å². The molecule has 0 aliphatic heterocycles. The molecule has 1 aliphatic rings. The van der Waals surface area contributed by atoms with Crippen LogP contribution in [0.2, 0.25) is 0 Å². The molecule has 6 heteroatoms. The Balaban J connectivity index is 2.01. The predicted octanol–water partition coefficient (Wildman–Crippen LogP) is 3.24. The van der Waals surface area contributed by atoms with Crippen LogP contribution in [0.25, 0.3) is 0 Å². The minimum Gasteiger partial charge on any atom is -0.354 e. The Bertz CT molecular complexity index is 572. The Labute approximate surface area is 134 Å². The van der Waals surface area contributed by atoms with Gasteiger partial charge >= 0.3 is 6.18 Å². The van der Waals surface area contributed by atoms with Crippen molar-refractivity contribution in [2.75, 3.05) is 13.1 Å². The number of amides is 1. The highest BCUT2D eigenvalue weighted by atomic mass is 19.4. The van der Waals surface area contributed by atoms with Gasteiger partial charge in [0.2, 0.25) is 5.91 Å². The highest BCUT2D eigenvalue weighted by molar-refractivity contribution is 5.91. The molecule has 0 heterocycles. The number of halogens is 3. The topological polar surface area (TPSA) is 41.1 Å². The second-order valence-corrected chi connectivity index (χ2v) is 7.09. The van der Waals surface area contributed by atoms with Crippen LogP contribution in [-0.2, 0) is 16.4 Å². The highest BCUT2D eigenvalue weighted by Crippen LogP contribution is 2.49. The highest BCUT2D eigenvalue weighted by Gasteiger charge is 2.51. The Morgan fingerprint density at radius 2 is 1.83 bits per heavy atom. The molecule has 0 atom stereocenters. The van der Waals surface area contributed by atoms with Crippen LogP contribution < -0.4 is 10.6 Å². The second-order valence-electron chi connectivity index (χ2n) is 7.09. The summed E-state index contributed by atoms with van der Waals surface area (Å²) in [7, 11) is 0. The lowest BCUT2D eigenvalue weighted by molar-refractivity contribution is -0.137. The van der Waals surface area contributed by atoms with Crippen LogP contribution in [0.5, 0.6) is 0 Å². The first kappa shape index (κ1) is 17.8. The summed E-state index contributed by atoms with van der Waals surface area (Å²) in [6.07, 6.45) is -3.21. The summed E-state index contributed by atoms with van der Waals surface area (Å²) >= 11 is 0. The summed E-state index contributed by atoms with van der Waals surface area (Å²) in [6.45, 7) is 7.16. The van der Waals surface area contributed by atoms with E-state index < -0.39 is 17.2 Å². The standard InChI is InChI=1S/C17H23F3N2O/c1-15(2,3)22-10-9-21-14(23)16(7-8-16)12-5-4-6-13(11-12)17(18,19)20/h4-6,11,22H,7-10H2,1-3H3,(H,21,23). The molecule has 0 bridgehead atoms. The molecular weight excluding hydrogens is 305 g/mol. The molecule has 3 nitrogen and oxygen atoms in total. The number of carbonyl (C=O) groups is 1. The molecule has 23 heavy (non-hydrogen) atoms. The zero-order valence-electron chi connectivity index (χ0n) is 13.7. The van der Waals surface area contributed by atoms with Gasteiger partial charge in [-0.2, -0.15) is 13.2 Å². The van der Waals surface area contributed by atoms with Crippen molar-refractivity contribution < 1.29 is 18.0 Å². The lowest BCUT2D eigenvalue weighted by atomic mass is 9.93. The molecule has 0 spiro atoms. The van der Waals surface area contributed by atoms with E-state index in [-0.39, 0.29) is 11.4 Å². The fourth-order valence-electron chi connectivity index (χ4n) is 2.55. The van der Waals surface area contributed by atoms with Gasteiger partial charge in [0.05, 0.1) is 11.0 Å². The fourth-order valence-corrected chi connectivity index (χ4v) is 2.55. The predicted molar refractivity (Wildman–Crippen MR) is 83.1 cm³/mol. The van der Waals surface area contributed by atoms with Gasteiger partial charge in [0.1, 0.15) is 0 Å². The zero-order valence-corrected chi connectivity index (χ0v) is 13.7. The Hall–Kier alpha value is -1.56. The van der Waals surface area contributed by atoms with E-state index in [1.54, 1.807) is 6.07 Å².